The summed E-state index contributed by atoms with van der Waals surface area (Å²) in [5, 5.41) is 11.8. The van der Waals surface area contributed by atoms with E-state index >= 15 is 0 Å². The predicted molar refractivity (Wildman–Crippen MR) is 110 cm³/mol. The van der Waals surface area contributed by atoms with Gasteiger partial charge in [-0.15, -0.1) is 0 Å². The normalized spacial score (nSPS) is 18.5. The van der Waals surface area contributed by atoms with Crippen LogP contribution in [0.4, 0.5) is 31.1 Å². The number of allylic oxidation sites excluding steroid dienone is 3. The van der Waals surface area contributed by atoms with Gasteiger partial charge in [-0.05, 0) is 36.8 Å². The molecule has 0 aromatic heterocycles. The summed E-state index contributed by atoms with van der Waals surface area (Å²) in [6, 6.07) is 8.71. The molecule has 1 amide bonds. The standard InChI is InChI=1S/C23H25F6NO3/c1-3-5-9-16(4-2)21(32,17-10-7-6-8-11-17)18-12-14-30(15-13-18)20(31)33-19(22(24,25)26)23(27,28)29/h3-11,18-19,32H,1,12-15H2,2H3/b9-5-,16-4+. The number of halogens is 6. The van der Waals surface area contributed by atoms with Crippen molar-refractivity contribution in [3.05, 3.63) is 72.4 Å². The first-order valence-corrected chi connectivity index (χ1v) is 10.2. The van der Waals surface area contributed by atoms with E-state index in [4.69, 9.17) is 0 Å². The minimum Gasteiger partial charge on any atom is -0.426 e. The average molecular weight is 477 g/mol. The summed E-state index contributed by atoms with van der Waals surface area (Å²) in [6.45, 7) is 4.99. The summed E-state index contributed by atoms with van der Waals surface area (Å²) in [7, 11) is 0. The molecule has 1 saturated heterocycles. The van der Waals surface area contributed by atoms with E-state index in [1.807, 2.05) is 0 Å². The van der Waals surface area contributed by atoms with Crippen molar-refractivity contribution >= 4 is 6.09 Å². The fraction of sp³-hybridized carbons (Fsp3) is 0.435. The third-order valence-electron chi connectivity index (χ3n) is 5.53. The number of likely N-dealkylation sites (tertiary alicyclic amines) is 1. The zero-order chi connectivity index (χ0) is 24.9. The van der Waals surface area contributed by atoms with Crippen molar-refractivity contribution in [3.8, 4) is 0 Å². The van der Waals surface area contributed by atoms with Crippen LogP contribution in [0.3, 0.4) is 0 Å². The summed E-state index contributed by atoms with van der Waals surface area (Å²) >= 11 is 0. The number of piperidine rings is 1. The fourth-order valence-electron chi connectivity index (χ4n) is 3.92. The molecular weight excluding hydrogens is 452 g/mol. The predicted octanol–water partition coefficient (Wildman–Crippen LogP) is 5.90. The van der Waals surface area contributed by atoms with Gasteiger partial charge in [-0.3, -0.25) is 0 Å². The summed E-state index contributed by atoms with van der Waals surface area (Å²) < 4.78 is 80.1. The third kappa shape index (κ3) is 6.19. The number of benzene rings is 1. The molecule has 1 aliphatic rings. The van der Waals surface area contributed by atoms with Crippen LogP contribution in [-0.4, -0.2) is 47.6 Å². The van der Waals surface area contributed by atoms with Gasteiger partial charge in [-0.2, -0.15) is 26.3 Å². The van der Waals surface area contributed by atoms with E-state index in [0.29, 0.717) is 11.1 Å². The Labute approximate surface area is 187 Å². The molecule has 1 N–H and O–H groups in total. The van der Waals surface area contributed by atoms with Crippen LogP contribution in [0.15, 0.2) is 66.8 Å². The van der Waals surface area contributed by atoms with E-state index in [9.17, 15) is 36.2 Å². The zero-order valence-corrected chi connectivity index (χ0v) is 17.9. The lowest BCUT2D eigenvalue weighted by atomic mass is 9.71. The number of nitrogens with zero attached hydrogens (tertiary/aromatic N) is 1. The second kappa shape index (κ2) is 10.5. The molecule has 182 valence electrons. The van der Waals surface area contributed by atoms with Gasteiger partial charge in [0, 0.05) is 13.1 Å². The van der Waals surface area contributed by atoms with Gasteiger partial charge in [0.1, 0.15) is 5.60 Å². The highest BCUT2D eigenvalue weighted by atomic mass is 19.4. The highest BCUT2D eigenvalue weighted by Gasteiger charge is 2.60. The summed E-state index contributed by atoms with van der Waals surface area (Å²) in [5.74, 6) is -0.467. The maximum Gasteiger partial charge on any atom is 0.434 e. The molecular formula is C23H25F6NO3. The number of hydrogen-bond donors (Lipinski definition) is 1. The maximum absolute atomic E-state index is 12.7. The van der Waals surface area contributed by atoms with Gasteiger partial charge in [0.15, 0.2) is 0 Å². The number of aliphatic hydroxyl groups is 1. The largest absolute Gasteiger partial charge is 0.434 e. The van der Waals surface area contributed by atoms with Gasteiger partial charge >= 0.3 is 18.4 Å². The van der Waals surface area contributed by atoms with Crippen LogP contribution in [0.1, 0.15) is 25.3 Å². The highest BCUT2D eigenvalue weighted by Crippen LogP contribution is 2.43. The Balaban J connectivity index is 2.23. The van der Waals surface area contributed by atoms with Gasteiger partial charge in [-0.1, -0.05) is 61.2 Å². The Morgan fingerprint density at radius 1 is 1.12 bits per heavy atom. The van der Waals surface area contributed by atoms with Crippen molar-refractivity contribution in [2.24, 2.45) is 5.92 Å². The Morgan fingerprint density at radius 2 is 1.67 bits per heavy atom. The number of ether oxygens (including phenoxy) is 1. The van der Waals surface area contributed by atoms with Crippen LogP contribution in [0.2, 0.25) is 0 Å². The van der Waals surface area contributed by atoms with Gasteiger partial charge in [-0.25, -0.2) is 4.79 Å². The molecule has 0 radical (unpaired) electrons. The van der Waals surface area contributed by atoms with E-state index in [0.717, 1.165) is 4.90 Å². The van der Waals surface area contributed by atoms with Gasteiger partial charge < -0.3 is 14.7 Å². The molecule has 10 heteroatoms. The van der Waals surface area contributed by atoms with Crippen molar-refractivity contribution in [1.82, 2.24) is 4.90 Å². The molecule has 1 aromatic rings. The Bertz CT molecular complexity index is 856. The second-order valence-corrected chi connectivity index (χ2v) is 7.58. The smallest absolute Gasteiger partial charge is 0.426 e. The first-order chi connectivity index (χ1) is 15.4. The minimum absolute atomic E-state index is 0.127. The van der Waals surface area contributed by atoms with Crippen LogP contribution >= 0.6 is 0 Å². The van der Waals surface area contributed by atoms with Crippen molar-refractivity contribution in [3.63, 3.8) is 0 Å². The van der Waals surface area contributed by atoms with E-state index in [1.165, 1.54) is 6.08 Å². The minimum atomic E-state index is -5.78. The van der Waals surface area contributed by atoms with Crippen molar-refractivity contribution < 1.29 is 41.0 Å². The average Bonchev–Trinajstić information content (AvgIpc) is 2.76. The Morgan fingerprint density at radius 3 is 2.12 bits per heavy atom. The number of rotatable bonds is 6. The first-order valence-electron chi connectivity index (χ1n) is 10.2. The number of alkyl halides is 6. The topological polar surface area (TPSA) is 49.8 Å². The molecule has 0 aliphatic carbocycles. The molecule has 1 unspecified atom stereocenters. The number of hydrogen-bond acceptors (Lipinski definition) is 3. The van der Waals surface area contributed by atoms with E-state index < -0.39 is 36.1 Å². The molecule has 4 nitrogen and oxygen atoms in total. The SMILES string of the molecule is C=C/C=C\C(=C/C)C(O)(c1ccccc1)C1CCN(C(=O)OC(C(F)(F)F)C(F)(F)F)CC1. The zero-order valence-electron chi connectivity index (χ0n) is 17.9. The van der Waals surface area contributed by atoms with Crippen molar-refractivity contribution in [1.29, 1.82) is 0 Å². The monoisotopic (exact) mass is 477 g/mol. The molecule has 0 spiro atoms. The molecule has 2 rings (SSSR count). The first kappa shape index (κ1) is 26.5. The molecule has 1 aromatic carbocycles. The lowest BCUT2D eigenvalue weighted by Gasteiger charge is -2.42. The molecule has 0 saturated carbocycles. The summed E-state index contributed by atoms with van der Waals surface area (Å²) in [6.07, 6.45) is -10.6. The van der Waals surface area contributed by atoms with Gasteiger partial charge in [0.2, 0.25) is 0 Å². The quantitative estimate of drug-likeness (QED) is 0.410. The number of carbonyl (C=O) groups is 1. The molecule has 1 aliphatic heterocycles. The van der Waals surface area contributed by atoms with E-state index in [-0.39, 0.29) is 25.9 Å². The molecule has 1 atom stereocenters. The second-order valence-electron chi connectivity index (χ2n) is 7.58. The third-order valence-corrected chi connectivity index (χ3v) is 5.53. The molecule has 1 fully saturated rings. The van der Waals surface area contributed by atoms with Crippen LogP contribution in [-0.2, 0) is 10.3 Å². The lowest BCUT2D eigenvalue weighted by molar-refractivity contribution is -0.308. The molecule has 1 heterocycles. The molecule has 0 bridgehead atoms. The Hall–Kier alpha value is -2.75. The van der Waals surface area contributed by atoms with E-state index in [1.54, 1.807) is 55.5 Å². The van der Waals surface area contributed by atoms with Crippen LogP contribution in [0.5, 0.6) is 0 Å². The summed E-state index contributed by atoms with van der Waals surface area (Å²) in [4.78, 5) is 12.9. The highest BCUT2D eigenvalue weighted by molar-refractivity contribution is 5.68. The summed E-state index contributed by atoms with van der Waals surface area (Å²) in [5.41, 5.74) is -0.378. The van der Waals surface area contributed by atoms with Gasteiger partial charge in [0.25, 0.3) is 6.10 Å². The van der Waals surface area contributed by atoms with Crippen LogP contribution in [0, 0.1) is 5.92 Å². The van der Waals surface area contributed by atoms with Crippen LogP contribution in [0.25, 0.3) is 0 Å². The van der Waals surface area contributed by atoms with Crippen molar-refractivity contribution in [2.45, 2.75) is 43.8 Å². The number of amides is 1. The lowest BCUT2D eigenvalue weighted by Crippen LogP contribution is -2.50. The fourth-order valence-corrected chi connectivity index (χ4v) is 3.92. The Kier molecular flexibility index (Phi) is 8.40. The molecule has 33 heavy (non-hydrogen) atoms. The van der Waals surface area contributed by atoms with E-state index in [2.05, 4.69) is 11.3 Å². The van der Waals surface area contributed by atoms with Crippen LogP contribution < -0.4 is 0 Å². The number of carbonyl (C=O) groups excluding carboxylic acids is 1. The van der Waals surface area contributed by atoms with Crippen molar-refractivity contribution in [2.75, 3.05) is 13.1 Å². The maximum atomic E-state index is 12.7. The van der Waals surface area contributed by atoms with Gasteiger partial charge in [0.05, 0.1) is 0 Å².